The number of carbonyl (C=O) groups excluding carboxylic acids is 2. The number of aryl methyl sites for hydroxylation is 1. The largest absolute Gasteiger partial charge is 0.496 e. The second-order valence-corrected chi connectivity index (χ2v) is 11.0. The summed E-state index contributed by atoms with van der Waals surface area (Å²) in [4.78, 5) is 41.6. The van der Waals surface area contributed by atoms with Gasteiger partial charge in [0.05, 0.1) is 18.4 Å². The highest BCUT2D eigenvalue weighted by Gasteiger charge is 2.64. The van der Waals surface area contributed by atoms with Gasteiger partial charge in [0.1, 0.15) is 17.4 Å². The highest BCUT2D eigenvalue weighted by atomic mass is 35.5. The van der Waals surface area contributed by atoms with Crippen molar-refractivity contribution < 1.29 is 14.3 Å². The number of fused-ring (bicyclic) bond motifs is 4. The molecule has 0 aliphatic carbocycles. The summed E-state index contributed by atoms with van der Waals surface area (Å²) in [5.41, 5.74) is 2.65. The van der Waals surface area contributed by atoms with Crippen LogP contribution in [0, 0.1) is 6.92 Å². The van der Waals surface area contributed by atoms with Crippen LogP contribution in [0.4, 0.5) is 17.2 Å². The summed E-state index contributed by atoms with van der Waals surface area (Å²) >= 11 is 6.38. The number of methoxy groups -OCH3 is 1. The third kappa shape index (κ3) is 3.47. The van der Waals surface area contributed by atoms with Crippen LogP contribution in [0.5, 0.6) is 5.75 Å². The Kier molecular flexibility index (Phi) is 5.88. The quantitative estimate of drug-likeness (QED) is 0.353. The van der Waals surface area contributed by atoms with E-state index < -0.39 is 11.4 Å². The molecule has 204 valence electrons. The molecule has 1 spiro atoms. The van der Waals surface area contributed by atoms with Crippen LogP contribution in [0.2, 0.25) is 5.02 Å². The number of anilines is 3. The van der Waals surface area contributed by atoms with Crippen molar-refractivity contribution >= 4 is 40.6 Å². The maximum atomic E-state index is 14.4. The molecule has 0 saturated carbocycles. The predicted molar refractivity (Wildman–Crippen MR) is 156 cm³/mol. The molecule has 0 bridgehead atoms. The average molecular weight is 557 g/mol. The van der Waals surface area contributed by atoms with Crippen LogP contribution in [0.25, 0.3) is 11.4 Å². The summed E-state index contributed by atoms with van der Waals surface area (Å²) in [6.07, 6.45) is 1.70. The molecule has 6 rings (SSSR count). The summed E-state index contributed by atoms with van der Waals surface area (Å²) in [6, 6.07) is 14.4. The number of aromatic nitrogens is 3. The van der Waals surface area contributed by atoms with Gasteiger partial charge in [0.15, 0.2) is 11.2 Å². The van der Waals surface area contributed by atoms with Crippen LogP contribution in [0.3, 0.4) is 0 Å². The van der Waals surface area contributed by atoms with Crippen molar-refractivity contribution in [1.82, 2.24) is 14.5 Å². The SMILES string of the molecule is COc1cc(N(C)C)ncc1-c1nc2c(n1C(C)C)C1(C(=O)Nc3cc(C)ccc31)N(c1cccc(Cl)c1)C2=O. The third-order valence-electron chi connectivity index (χ3n) is 7.49. The Bertz CT molecular complexity index is 1710. The number of hydrogen-bond donors (Lipinski definition) is 1. The minimum atomic E-state index is -1.50. The van der Waals surface area contributed by atoms with Gasteiger partial charge in [-0.15, -0.1) is 0 Å². The van der Waals surface area contributed by atoms with Crippen LogP contribution in [-0.2, 0) is 10.3 Å². The zero-order valence-electron chi connectivity index (χ0n) is 23.1. The molecule has 2 aliphatic heterocycles. The number of nitrogens with zero attached hydrogens (tertiary/aromatic N) is 5. The fourth-order valence-corrected chi connectivity index (χ4v) is 5.97. The number of amides is 2. The van der Waals surface area contributed by atoms with E-state index in [1.54, 1.807) is 37.6 Å². The van der Waals surface area contributed by atoms with Crippen LogP contribution in [0.1, 0.15) is 47.2 Å². The minimum absolute atomic E-state index is 0.171. The van der Waals surface area contributed by atoms with E-state index in [1.165, 1.54) is 4.90 Å². The molecule has 2 aromatic carbocycles. The topological polar surface area (TPSA) is 92.6 Å². The predicted octanol–water partition coefficient (Wildman–Crippen LogP) is 5.42. The Hall–Kier alpha value is -4.37. The molecule has 2 amide bonds. The Balaban J connectivity index is 1.70. The van der Waals surface area contributed by atoms with E-state index in [0.29, 0.717) is 44.8 Å². The number of ether oxygens (including phenoxy) is 1. The van der Waals surface area contributed by atoms with Crippen molar-refractivity contribution in [2.24, 2.45) is 0 Å². The van der Waals surface area contributed by atoms with E-state index in [-0.39, 0.29) is 17.6 Å². The summed E-state index contributed by atoms with van der Waals surface area (Å²) < 4.78 is 7.71. The maximum absolute atomic E-state index is 14.4. The summed E-state index contributed by atoms with van der Waals surface area (Å²) in [6.45, 7) is 5.97. The molecule has 1 N–H and O–H groups in total. The zero-order chi connectivity index (χ0) is 28.5. The molecule has 1 unspecified atom stereocenters. The lowest BCUT2D eigenvalue weighted by Gasteiger charge is -2.35. The van der Waals surface area contributed by atoms with E-state index in [9.17, 15) is 9.59 Å². The monoisotopic (exact) mass is 556 g/mol. The molecule has 2 aromatic heterocycles. The number of pyridine rings is 1. The van der Waals surface area contributed by atoms with E-state index in [1.807, 2.05) is 68.6 Å². The van der Waals surface area contributed by atoms with E-state index in [0.717, 1.165) is 11.4 Å². The number of carbonyl (C=O) groups is 2. The molecule has 0 fully saturated rings. The maximum Gasteiger partial charge on any atom is 0.280 e. The smallest absolute Gasteiger partial charge is 0.280 e. The first-order chi connectivity index (χ1) is 19.1. The minimum Gasteiger partial charge on any atom is -0.496 e. The lowest BCUT2D eigenvalue weighted by atomic mass is 9.86. The van der Waals surface area contributed by atoms with Crippen molar-refractivity contribution in [3.8, 4) is 17.1 Å². The number of imidazole rings is 1. The molecule has 1 atom stereocenters. The number of benzene rings is 2. The molecular formula is C30H29ClN6O3. The Morgan fingerprint density at radius 3 is 2.55 bits per heavy atom. The summed E-state index contributed by atoms with van der Waals surface area (Å²) in [5.74, 6) is 1.06. The van der Waals surface area contributed by atoms with Gasteiger partial charge in [-0.05, 0) is 50.6 Å². The average Bonchev–Trinajstić information content (AvgIpc) is 3.52. The Morgan fingerprint density at radius 1 is 1.10 bits per heavy atom. The van der Waals surface area contributed by atoms with Crippen molar-refractivity contribution in [2.75, 3.05) is 36.3 Å². The second-order valence-electron chi connectivity index (χ2n) is 10.6. The van der Waals surface area contributed by atoms with Crippen LogP contribution in [-0.4, -0.2) is 47.6 Å². The van der Waals surface area contributed by atoms with Gasteiger partial charge in [0.2, 0.25) is 0 Å². The molecule has 10 heteroatoms. The molecular weight excluding hydrogens is 528 g/mol. The third-order valence-corrected chi connectivity index (χ3v) is 7.73. The Morgan fingerprint density at radius 2 is 1.88 bits per heavy atom. The van der Waals surface area contributed by atoms with Gasteiger partial charge < -0.3 is 19.5 Å². The number of halogens is 1. The van der Waals surface area contributed by atoms with Gasteiger partial charge in [-0.3, -0.25) is 14.5 Å². The van der Waals surface area contributed by atoms with Gasteiger partial charge in [0.25, 0.3) is 11.8 Å². The molecule has 2 aliphatic rings. The summed E-state index contributed by atoms with van der Waals surface area (Å²) in [7, 11) is 5.39. The van der Waals surface area contributed by atoms with Gasteiger partial charge in [0, 0.05) is 54.4 Å². The molecule has 9 nitrogen and oxygen atoms in total. The van der Waals surface area contributed by atoms with Crippen LogP contribution < -0.4 is 19.9 Å². The fourth-order valence-electron chi connectivity index (χ4n) is 5.79. The first-order valence-electron chi connectivity index (χ1n) is 13.0. The highest BCUT2D eigenvalue weighted by Crippen LogP contribution is 2.54. The normalized spacial score (nSPS) is 17.4. The fraction of sp³-hybridized carbons (Fsp3) is 0.267. The van der Waals surface area contributed by atoms with Gasteiger partial charge >= 0.3 is 0 Å². The molecule has 4 aromatic rings. The van der Waals surface area contributed by atoms with Crippen molar-refractivity contribution in [3.63, 3.8) is 0 Å². The van der Waals surface area contributed by atoms with Gasteiger partial charge in [-0.1, -0.05) is 29.8 Å². The van der Waals surface area contributed by atoms with Gasteiger partial charge in [-0.2, -0.15) is 0 Å². The second kappa shape index (κ2) is 9.09. The zero-order valence-corrected chi connectivity index (χ0v) is 23.9. The van der Waals surface area contributed by atoms with E-state index in [4.69, 9.17) is 21.3 Å². The molecule has 0 radical (unpaired) electrons. The molecule has 0 saturated heterocycles. The van der Waals surface area contributed by atoms with E-state index >= 15 is 0 Å². The highest BCUT2D eigenvalue weighted by molar-refractivity contribution is 6.31. The lowest BCUT2D eigenvalue weighted by molar-refractivity contribution is -0.119. The number of rotatable bonds is 5. The van der Waals surface area contributed by atoms with Crippen molar-refractivity contribution in [1.29, 1.82) is 0 Å². The first-order valence-corrected chi connectivity index (χ1v) is 13.3. The number of hydrogen-bond acceptors (Lipinski definition) is 6. The Labute approximate surface area is 237 Å². The van der Waals surface area contributed by atoms with E-state index in [2.05, 4.69) is 10.3 Å². The van der Waals surface area contributed by atoms with Crippen LogP contribution >= 0.6 is 11.6 Å². The van der Waals surface area contributed by atoms with Crippen molar-refractivity contribution in [2.45, 2.75) is 32.4 Å². The van der Waals surface area contributed by atoms with Crippen molar-refractivity contribution in [3.05, 3.63) is 82.3 Å². The van der Waals surface area contributed by atoms with Gasteiger partial charge in [-0.25, -0.2) is 9.97 Å². The first kappa shape index (κ1) is 25.9. The standard InChI is InChI=1S/C30H29ClN6O3/c1-16(2)36-26-25(34-27(36)20-15-32-24(35(4)5)14-23(20)40-6)28(38)37(19-9-7-8-18(31)13-19)30(26)21-11-10-17(3)12-22(21)33-29(30)39/h7-16H,1-6H3,(H,33,39). The van der Waals surface area contributed by atoms with Crippen LogP contribution in [0.15, 0.2) is 54.7 Å². The number of nitrogens with one attached hydrogen (secondary N) is 1. The summed E-state index contributed by atoms with van der Waals surface area (Å²) in [5, 5.41) is 3.51. The molecule has 4 heterocycles. The lowest BCUT2D eigenvalue weighted by Crippen LogP contribution is -2.51. The molecule has 40 heavy (non-hydrogen) atoms.